The van der Waals surface area contributed by atoms with Gasteiger partial charge in [0.25, 0.3) is 0 Å². The lowest BCUT2D eigenvalue weighted by atomic mass is 10.1. The van der Waals surface area contributed by atoms with Gasteiger partial charge in [0.15, 0.2) is 0 Å². The third-order valence-electron chi connectivity index (χ3n) is 3.70. The number of aromatic nitrogens is 2. The van der Waals surface area contributed by atoms with Gasteiger partial charge in [-0.25, -0.2) is 4.98 Å². The summed E-state index contributed by atoms with van der Waals surface area (Å²) in [5, 5.41) is 3.30. The molecule has 4 nitrogen and oxygen atoms in total. The van der Waals surface area contributed by atoms with Crippen LogP contribution in [0.15, 0.2) is 30.3 Å². The second-order valence-corrected chi connectivity index (χ2v) is 5.64. The first kappa shape index (κ1) is 16.3. The van der Waals surface area contributed by atoms with E-state index in [-0.39, 0.29) is 0 Å². The smallest absolute Gasteiger partial charge is 0.229 e. The van der Waals surface area contributed by atoms with Gasteiger partial charge in [0.05, 0.1) is 0 Å². The zero-order valence-corrected chi connectivity index (χ0v) is 14.1. The molecule has 4 heteroatoms. The van der Waals surface area contributed by atoms with E-state index in [4.69, 9.17) is 0 Å². The largest absolute Gasteiger partial charge is 0.360 e. The zero-order valence-electron chi connectivity index (χ0n) is 14.1. The number of anilines is 3. The lowest BCUT2D eigenvalue weighted by Crippen LogP contribution is -2.20. The fourth-order valence-corrected chi connectivity index (χ4v) is 2.27. The lowest BCUT2D eigenvalue weighted by Gasteiger charge is -2.19. The van der Waals surface area contributed by atoms with E-state index < -0.39 is 0 Å². The molecule has 0 aliphatic carbocycles. The number of rotatable bonds is 7. The average Bonchev–Trinajstić information content (AvgIpc) is 2.52. The van der Waals surface area contributed by atoms with Crippen molar-refractivity contribution in [3.8, 4) is 0 Å². The Balaban J connectivity index is 2.14. The van der Waals surface area contributed by atoms with Crippen LogP contribution in [0.4, 0.5) is 17.5 Å². The Morgan fingerprint density at radius 1 is 1.09 bits per heavy atom. The van der Waals surface area contributed by atoms with Gasteiger partial charge in [0.2, 0.25) is 5.95 Å². The van der Waals surface area contributed by atoms with Crippen LogP contribution in [0.3, 0.4) is 0 Å². The first-order chi connectivity index (χ1) is 10.6. The molecule has 0 amide bonds. The van der Waals surface area contributed by atoms with Crippen molar-refractivity contribution < 1.29 is 0 Å². The molecule has 0 radical (unpaired) electrons. The molecule has 0 saturated carbocycles. The second-order valence-electron chi connectivity index (χ2n) is 5.64. The summed E-state index contributed by atoms with van der Waals surface area (Å²) < 4.78 is 0. The monoisotopic (exact) mass is 298 g/mol. The number of unbranched alkanes of at least 4 members (excludes halogenated alkanes) is 1. The van der Waals surface area contributed by atoms with Crippen LogP contribution in [0.25, 0.3) is 0 Å². The quantitative estimate of drug-likeness (QED) is 0.826. The second kappa shape index (κ2) is 7.78. The number of nitrogens with one attached hydrogen (secondary N) is 1. The highest BCUT2D eigenvalue weighted by molar-refractivity contribution is 5.56. The van der Waals surface area contributed by atoms with Crippen molar-refractivity contribution in [1.82, 2.24) is 9.97 Å². The molecule has 0 saturated heterocycles. The Kier molecular flexibility index (Phi) is 5.75. The van der Waals surface area contributed by atoms with E-state index in [1.54, 1.807) is 0 Å². The molecule has 22 heavy (non-hydrogen) atoms. The molecule has 1 aromatic heterocycles. The van der Waals surface area contributed by atoms with Gasteiger partial charge in [0, 0.05) is 31.0 Å². The van der Waals surface area contributed by atoms with Gasteiger partial charge in [0.1, 0.15) is 5.82 Å². The Bertz CT molecular complexity index is 593. The Morgan fingerprint density at radius 3 is 2.45 bits per heavy atom. The number of benzene rings is 1. The highest BCUT2D eigenvalue weighted by Crippen LogP contribution is 2.18. The maximum Gasteiger partial charge on any atom is 0.229 e. The number of hydrogen-bond donors (Lipinski definition) is 1. The third-order valence-corrected chi connectivity index (χ3v) is 3.70. The van der Waals surface area contributed by atoms with Crippen LogP contribution in [0.1, 0.15) is 37.9 Å². The van der Waals surface area contributed by atoms with E-state index >= 15 is 0 Å². The molecule has 1 heterocycles. The lowest BCUT2D eigenvalue weighted by molar-refractivity contribution is 0.758. The van der Waals surface area contributed by atoms with Crippen LogP contribution < -0.4 is 10.2 Å². The normalized spacial score (nSPS) is 10.5. The summed E-state index contributed by atoms with van der Waals surface area (Å²) in [4.78, 5) is 11.3. The van der Waals surface area contributed by atoms with Crippen LogP contribution >= 0.6 is 0 Å². The topological polar surface area (TPSA) is 41.1 Å². The Labute approximate surface area is 133 Å². The van der Waals surface area contributed by atoms with Gasteiger partial charge >= 0.3 is 0 Å². The predicted molar refractivity (Wildman–Crippen MR) is 94.0 cm³/mol. The van der Waals surface area contributed by atoms with Crippen LogP contribution in [-0.4, -0.2) is 23.6 Å². The van der Waals surface area contributed by atoms with Gasteiger partial charge in [-0.3, -0.25) is 0 Å². The molecular weight excluding hydrogens is 272 g/mol. The number of nitrogens with zero attached hydrogens (tertiary/aromatic N) is 3. The van der Waals surface area contributed by atoms with E-state index in [0.717, 1.165) is 30.2 Å². The van der Waals surface area contributed by atoms with E-state index in [2.05, 4.69) is 65.3 Å². The highest BCUT2D eigenvalue weighted by atomic mass is 15.2. The van der Waals surface area contributed by atoms with Gasteiger partial charge < -0.3 is 10.2 Å². The van der Waals surface area contributed by atoms with Gasteiger partial charge in [-0.2, -0.15) is 4.98 Å². The SMILES string of the molecule is CCCCN(C)c1cc(C)nc(Nc2ccc(CC)cc2)n1. The van der Waals surface area contributed by atoms with Crippen LogP contribution in [0.5, 0.6) is 0 Å². The molecule has 0 atom stereocenters. The first-order valence-corrected chi connectivity index (χ1v) is 8.05. The summed E-state index contributed by atoms with van der Waals surface area (Å²) in [5.74, 6) is 1.62. The van der Waals surface area contributed by atoms with Crippen molar-refractivity contribution in [2.45, 2.75) is 40.0 Å². The van der Waals surface area contributed by atoms with Crippen molar-refractivity contribution >= 4 is 17.5 Å². The summed E-state index contributed by atoms with van der Waals surface area (Å²) in [5.41, 5.74) is 3.32. The molecule has 0 aliphatic heterocycles. The highest BCUT2D eigenvalue weighted by Gasteiger charge is 2.07. The van der Waals surface area contributed by atoms with Gasteiger partial charge in [-0.05, 0) is 37.5 Å². The summed E-state index contributed by atoms with van der Waals surface area (Å²) in [6, 6.07) is 10.4. The summed E-state index contributed by atoms with van der Waals surface area (Å²) in [7, 11) is 2.08. The molecule has 0 aliphatic rings. The molecular formula is C18H26N4. The van der Waals surface area contributed by atoms with Crippen molar-refractivity contribution in [1.29, 1.82) is 0 Å². The van der Waals surface area contributed by atoms with Crippen LogP contribution in [0, 0.1) is 6.92 Å². The van der Waals surface area contributed by atoms with Gasteiger partial charge in [-0.15, -0.1) is 0 Å². The van der Waals surface area contributed by atoms with Crippen molar-refractivity contribution in [3.63, 3.8) is 0 Å². The summed E-state index contributed by atoms with van der Waals surface area (Å²) in [6.45, 7) is 7.37. The molecule has 1 N–H and O–H groups in total. The third kappa shape index (κ3) is 4.45. The van der Waals surface area contributed by atoms with Crippen molar-refractivity contribution in [2.75, 3.05) is 23.8 Å². The maximum absolute atomic E-state index is 4.63. The molecule has 0 bridgehead atoms. The van der Waals surface area contributed by atoms with E-state index in [1.807, 2.05) is 13.0 Å². The predicted octanol–water partition coefficient (Wildman–Crippen LogP) is 4.33. The molecule has 0 unspecified atom stereocenters. The minimum absolute atomic E-state index is 0.655. The van der Waals surface area contributed by atoms with E-state index in [0.29, 0.717) is 5.95 Å². The molecule has 0 fully saturated rings. The molecule has 2 rings (SSSR count). The van der Waals surface area contributed by atoms with Crippen molar-refractivity contribution in [3.05, 3.63) is 41.6 Å². The van der Waals surface area contributed by atoms with Crippen LogP contribution in [0.2, 0.25) is 0 Å². The Hall–Kier alpha value is -2.10. The minimum Gasteiger partial charge on any atom is -0.360 e. The Morgan fingerprint density at radius 2 is 1.82 bits per heavy atom. The maximum atomic E-state index is 4.63. The van der Waals surface area contributed by atoms with Crippen molar-refractivity contribution in [2.24, 2.45) is 0 Å². The molecule has 2 aromatic rings. The number of aryl methyl sites for hydroxylation is 2. The fraction of sp³-hybridized carbons (Fsp3) is 0.444. The van der Waals surface area contributed by atoms with E-state index in [9.17, 15) is 0 Å². The first-order valence-electron chi connectivity index (χ1n) is 8.05. The summed E-state index contributed by atoms with van der Waals surface area (Å²) >= 11 is 0. The fourth-order valence-electron chi connectivity index (χ4n) is 2.27. The summed E-state index contributed by atoms with van der Waals surface area (Å²) in [6.07, 6.45) is 3.40. The minimum atomic E-state index is 0.655. The molecule has 0 spiro atoms. The van der Waals surface area contributed by atoms with Gasteiger partial charge in [-0.1, -0.05) is 32.4 Å². The standard InChI is InChI=1S/C18H26N4/c1-5-7-12-22(4)17-13-14(3)19-18(21-17)20-16-10-8-15(6-2)9-11-16/h8-11,13H,5-7,12H2,1-4H3,(H,19,20,21). The average molecular weight is 298 g/mol. The zero-order chi connectivity index (χ0) is 15.9. The van der Waals surface area contributed by atoms with E-state index in [1.165, 1.54) is 18.4 Å². The molecule has 1 aromatic carbocycles. The number of hydrogen-bond acceptors (Lipinski definition) is 4. The van der Waals surface area contributed by atoms with Crippen LogP contribution in [-0.2, 0) is 6.42 Å². The molecule has 118 valence electrons.